The minimum Gasteiger partial charge on any atom is -0.443 e. The van der Waals surface area contributed by atoms with Gasteiger partial charge in [0.05, 0.1) is 16.9 Å². The predicted molar refractivity (Wildman–Crippen MR) is 144 cm³/mol. The fourth-order valence-corrected chi connectivity index (χ4v) is 5.46. The number of amides is 1. The first-order valence-electron chi connectivity index (χ1n) is 13.0. The van der Waals surface area contributed by atoms with E-state index in [0.717, 1.165) is 42.3 Å². The molecular weight excluding hydrogens is 519 g/mol. The van der Waals surface area contributed by atoms with Crippen molar-refractivity contribution in [2.75, 3.05) is 0 Å². The molecule has 2 aliphatic rings. The molecule has 1 atom stereocenters. The molecule has 0 N–H and O–H groups in total. The average Bonchev–Trinajstić information content (AvgIpc) is 3.69. The van der Waals surface area contributed by atoms with E-state index in [1.807, 2.05) is 35.2 Å². The zero-order chi connectivity index (χ0) is 26.9. The second-order valence-corrected chi connectivity index (χ2v) is 10.4. The Balaban J connectivity index is 1.16. The number of rotatable bonds is 6. The SMILES string of the molecule is O=C(c1ccc(-c2c(F)cncc2Cl)cc1)N(C1CC1)C1CCc2nn(C(=O)OCc3ccccc3)cc2C1. The topological polar surface area (TPSA) is 77.3 Å². The maximum Gasteiger partial charge on any atom is 0.435 e. The summed E-state index contributed by atoms with van der Waals surface area (Å²) in [6.07, 6.45) is 7.73. The Morgan fingerprint density at radius 1 is 1.03 bits per heavy atom. The summed E-state index contributed by atoms with van der Waals surface area (Å²) in [5, 5.41) is 4.68. The summed E-state index contributed by atoms with van der Waals surface area (Å²) in [4.78, 5) is 32.0. The van der Waals surface area contributed by atoms with Gasteiger partial charge in [-0.1, -0.05) is 54.1 Å². The minimum atomic E-state index is -0.522. The Morgan fingerprint density at radius 2 is 1.79 bits per heavy atom. The summed E-state index contributed by atoms with van der Waals surface area (Å²) in [7, 11) is 0. The first-order chi connectivity index (χ1) is 19.0. The Labute approximate surface area is 230 Å². The largest absolute Gasteiger partial charge is 0.443 e. The molecule has 1 amide bonds. The molecule has 0 spiro atoms. The van der Waals surface area contributed by atoms with Crippen LogP contribution in [0, 0.1) is 5.82 Å². The molecule has 7 nitrogen and oxygen atoms in total. The first kappa shape index (κ1) is 25.2. The highest BCUT2D eigenvalue weighted by Gasteiger charge is 2.39. The van der Waals surface area contributed by atoms with Gasteiger partial charge in [0.15, 0.2) is 5.82 Å². The lowest BCUT2D eigenvalue weighted by Crippen LogP contribution is -2.44. The third kappa shape index (κ3) is 5.29. The lowest BCUT2D eigenvalue weighted by Gasteiger charge is -2.34. The van der Waals surface area contributed by atoms with Crippen molar-refractivity contribution in [3.05, 3.63) is 106 Å². The lowest BCUT2D eigenvalue weighted by molar-refractivity contribution is 0.0642. The number of aryl methyl sites for hydroxylation is 1. The van der Waals surface area contributed by atoms with Gasteiger partial charge in [-0.2, -0.15) is 9.78 Å². The summed E-state index contributed by atoms with van der Waals surface area (Å²) in [5.41, 5.74) is 4.13. The van der Waals surface area contributed by atoms with Crippen LogP contribution in [0.4, 0.5) is 9.18 Å². The summed E-state index contributed by atoms with van der Waals surface area (Å²) in [6.45, 7) is 0.176. The number of ether oxygens (including phenoxy) is 1. The van der Waals surface area contributed by atoms with Gasteiger partial charge < -0.3 is 9.64 Å². The van der Waals surface area contributed by atoms with Crippen LogP contribution in [0.15, 0.2) is 73.2 Å². The lowest BCUT2D eigenvalue weighted by atomic mass is 9.91. The molecule has 0 bridgehead atoms. The maximum absolute atomic E-state index is 14.3. The van der Waals surface area contributed by atoms with Crippen LogP contribution in [0.25, 0.3) is 11.1 Å². The molecule has 1 unspecified atom stereocenters. The molecule has 39 heavy (non-hydrogen) atoms. The number of pyridine rings is 1. The molecule has 6 rings (SSSR count). The first-order valence-corrected chi connectivity index (χ1v) is 13.4. The van der Waals surface area contributed by atoms with Crippen LogP contribution in [0.2, 0.25) is 5.02 Å². The normalized spacial score (nSPS) is 16.4. The van der Waals surface area contributed by atoms with Crippen LogP contribution >= 0.6 is 11.6 Å². The molecule has 9 heteroatoms. The minimum absolute atomic E-state index is 0.00209. The van der Waals surface area contributed by atoms with Crippen molar-refractivity contribution in [1.82, 2.24) is 19.7 Å². The Hall–Kier alpha value is -4.04. The highest BCUT2D eigenvalue weighted by atomic mass is 35.5. The van der Waals surface area contributed by atoms with Crippen LogP contribution in [0.1, 0.15) is 46.4 Å². The Morgan fingerprint density at radius 3 is 2.51 bits per heavy atom. The van der Waals surface area contributed by atoms with Crippen molar-refractivity contribution < 1.29 is 18.7 Å². The summed E-state index contributed by atoms with van der Waals surface area (Å²) >= 11 is 6.16. The highest BCUT2D eigenvalue weighted by Crippen LogP contribution is 2.35. The van der Waals surface area contributed by atoms with Gasteiger partial charge in [-0.15, -0.1) is 0 Å². The molecule has 2 aliphatic carbocycles. The van der Waals surface area contributed by atoms with Crippen molar-refractivity contribution in [2.45, 2.75) is 50.8 Å². The van der Waals surface area contributed by atoms with Crippen LogP contribution in [0.5, 0.6) is 0 Å². The number of halogens is 2. The molecule has 4 aromatic rings. The third-order valence-corrected chi connectivity index (χ3v) is 7.57. The van der Waals surface area contributed by atoms with Gasteiger partial charge in [0.1, 0.15) is 6.61 Å². The third-order valence-electron chi connectivity index (χ3n) is 7.28. The molecule has 2 aromatic heterocycles. The van der Waals surface area contributed by atoms with Gasteiger partial charge in [-0.3, -0.25) is 9.78 Å². The highest BCUT2D eigenvalue weighted by molar-refractivity contribution is 6.33. The number of nitrogens with zero attached hydrogens (tertiary/aromatic N) is 4. The number of hydrogen-bond acceptors (Lipinski definition) is 5. The molecule has 2 aromatic carbocycles. The fraction of sp³-hybridized carbons (Fsp3) is 0.267. The number of carbonyl (C=O) groups is 2. The van der Waals surface area contributed by atoms with E-state index in [2.05, 4.69) is 10.1 Å². The van der Waals surface area contributed by atoms with Crippen LogP contribution in [-0.4, -0.2) is 43.7 Å². The molecule has 1 saturated carbocycles. The number of fused-ring (bicyclic) bond motifs is 1. The second kappa shape index (κ2) is 10.6. The van der Waals surface area contributed by atoms with E-state index in [1.165, 1.54) is 10.9 Å². The smallest absolute Gasteiger partial charge is 0.435 e. The standard InChI is InChI=1S/C30H26ClFN4O3/c31-25-15-33-16-26(32)28(25)20-6-8-21(9-7-20)29(37)36(23-10-11-23)24-12-13-27-22(14-24)17-35(34-27)30(38)39-18-19-4-2-1-3-5-19/h1-9,15-17,23-24H,10-14,18H2. The Kier molecular flexibility index (Phi) is 6.87. The van der Waals surface area contributed by atoms with Crippen molar-refractivity contribution in [3.63, 3.8) is 0 Å². The molecule has 198 valence electrons. The fourth-order valence-electron chi connectivity index (χ4n) is 5.20. The van der Waals surface area contributed by atoms with E-state index >= 15 is 0 Å². The molecule has 0 aliphatic heterocycles. The Bertz CT molecular complexity index is 1500. The van der Waals surface area contributed by atoms with Crippen molar-refractivity contribution in [2.24, 2.45) is 0 Å². The van der Waals surface area contributed by atoms with Gasteiger partial charge in [-0.05, 0) is 60.9 Å². The van der Waals surface area contributed by atoms with Gasteiger partial charge in [0.25, 0.3) is 5.91 Å². The van der Waals surface area contributed by atoms with Crippen molar-refractivity contribution in [1.29, 1.82) is 0 Å². The average molecular weight is 545 g/mol. The molecule has 0 saturated heterocycles. The van der Waals surface area contributed by atoms with Gasteiger partial charge in [0.2, 0.25) is 0 Å². The van der Waals surface area contributed by atoms with Crippen molar-refractivity contribution >= 4 is 23.6 Å². The zero-order valence-corrected chi connectivity index (χ0v) is 21.9. The zero-order valence-electron chi connectivity index (χ0n) is 21.1. The summed E-state index contributed by atoms with van der Waals surface area (Å²) < 4.78 is 21.0. The molecule has 2 heterocycles. The van der Waals surface area contributed by atoms with E-state index in [-0.39, 0.29) is 35.2 Å². The number of benzene rings is 2. The van der Waals surface area contributed by atoms with Crippen molar-refractivity contribution in [3.8, 4) is 11.1 Å². The monoisotopic (exact) mass is 544 g/mol. The van der Waals surface area contributed by atoms with E-state index in [9.17, 15) is 14.0 Å². The van der Waals surface area contributed by atoms with Crippen LogP contribution in [0.3, 0.4) is 0 Å². The molecule has 1 fully saturated rings. The quantitative estimate of drug-likeness (QED) is 0.294. The van der Waals surface area contributed by atoms with Gasteiger partial charge in [0, 0.05) is 35.6 Å². The second-order valence-electron chi connectivity index (χ2n) is 9.98. The summed E-state index contributed by atoms with van der Waals surface area (Å²) in [5.74, 6) is -0.558. The van der Waals surface area contributed by atoms with E-state index in [0.29, 0.717) is 24.0 Å². The summed E-state index contributed by atoms with van der Waals surface area (Å²) in [6, 6.07) is 16.6. The van der Waals surface area contributed by atoms with Gasteiger partial charge >= 0.3 is 6.09 Å². The van der Waals surface area contributed by atoms with Crippen LogP contribution in [-0.2, 0) is 24.2 Å². The number of hydrogen-bond donors (Lipinski definition) is 0. The van der Waals surface area contributed by atoms with Crippen LogP contribution < -0.4 is 0 Å². The number of aromatic nitrogens is 3. The predicted octanol–water partition coefficient (Wildman–Crippen LogP) is 6.08. The van der Waals surface area contributed by atoms with Gasteiger partial charge in [-0.25, -0.2) is 9.18 Å². The van der Waals surface area contributed by atoms with E-state index in [4.69, 9.17) is 16.3 Å². The molecule has 0 radical (unpaired) electrons. The molecular formula is C30H26ClFN4O3. The number of carbonyl (C=O) groups excluding carboxylic acids is 2. The van der Waals surface area contributed by atoms with E-state index < -0.39 is 11.9 Å². The van der Waals surface area contributed by atoms with E-state index in [1.54, 1.807) is 30.5 Å². The maximum atomic E-state index is 14.3.